The molecule has 0 aliphatic heterocycles. The van der Waals surface area contributed by atoms with Gasteiger partial charge in [-0.2, -0.15) is 0 Å². The zero-order valence-corrected chi connectivity index (χ0v) is 16.7. The monoisotopic (exact) mass is 370 g/mol. The molecule has 27 heavy (non-hydrogen) atoms. The molecule has 1 aromatic carbocycles. The van der Waals surface area contributed by atoms with Crippen molar-refractivity contribution in [2.24, 2.45) is 23.2 Å². The first kappa shape index (κ1) is 21.1. The Hall–Kier alpha value is -2.23. The quantitative estimate of drug-likeness (QED) is 0.290. The second-order valence-electron chi connectivity index (χ2n) is 8.06. The first-order valence-corrected chi connectivity index (χ1v) is 9.71. The van der Waals surface area contributed by atoms with E-state index >= 15 is 0 Å². The average molecular weight is 370 g/mol. The molecule has 0 saturated carbocycles. The molecular formula is C23H30O4. The standard InChI is InChI=1S/C23H30O4/c1-5-27-22(26)20(21(25)17-11-7-6-8-12-17)16(2)15-19(24)18-13-9-10-14-23(18,3)4/h6-12,16,18,20H,5,13-15H2,1-4H3. The number of allylic oxidation sites excluding steroid dienone is 2. The van der Waals surface area contributed by atoms with E-state index < -0.39 is 17.8 Å². The molecule has 0 amide bonds. The number of hydrogen-bond acceptors (Lipinski definition) is 4. The molecule has 1 aromatic rings. The zero-order chi connectivity index (χ0) is 20.0. The van der Waals surface area contributed by atoms with Gasteiger partial charge < -0.3 is 4.74 Å². The Morgan fingerprint density at radius 2 is 1.81 bits per heavy atom. The van der Waals surface area contributed by atoms with Crippen LogP contribution in [0.1, 0.15) is 57.3 Å². The maximum Gasteiger partial charge on any atom is 0.317 e. The number of ketones is 2. The van der Waals surface area contributed by atoms with E-state index in [0.717, 1.165) is 12.8 Å². The summed E-state index contributed by atoms with van der Waals surface area (Å²) < 4.78 is 5.15. The molecule has 4 heteroatoms. The summed E-state index contributed by atoms with van der Waals surface area (Å²) >= 11 is 0. The fraction of sp³-hybridized carbons (Fsp3) is 0.522. The fourth-order valence-corrected chi connectivity index (χ4v) is 3.84. The van der Waals surface area contributed by atoms with Gasteiger partial charge in [0.1, 0.15) is 11.7 Å². The molecule has 0 bridgehead atoms. The van der Waals surface area contributed by atoms with Crippen LogP contribution < -0.4 is 0 Å². The summed E-state index contributed by atoms with van der Waals surface area (Å²) in [7, 11) is 0. The van der Waals surface area contributed by atoms with Crippen LogP contribution in [0.25, 0.3) is 0 Å². The topological polar surface area (TPSA) is 60.4 Å². The predicted octanol–water partition coefficient (Wildman–Crippen LogP) is 4.64. The molecule has 4 nitrogen and oxygen atoms in total. The van der Waals surface area contributed by atoms with Crippen molar-refractivity contribution >= 4 is 17.5 Å². The summed E-state index contributed by atoms with van der Waals surface area (Å²) in [6, 6.07) is 8.74. The van der Waals surface area contributed by atoms with Gasteiger partial charge in [-0.25, -0.2) is 0 Å². The smallest absolute Gasteiger partial charge is 0.317 e. The Morgan fingerprint density at radius 1 is 1.15 bits per heavy atom. The van der Waals surface area contributed by atoms with Crippen molar-refractivity contribution in [2.75, 3.05) is 6.61 Å². The van der Waals surface area contributed by atoms with Crippen molar-refractivity contribution in [3.05, 3.63) is 48.0 Å². The highest BCUT2D eigenvalue weighted by Crippen LogP contribution is 2.39. The second-order valence-corrected chi connectivity index (χ2v) is 8.06. The average Bonchev–Trinajstić information content (AvgIpc) is 2.62. The van der Waals surface area contributed by atoms with Gasteiger partial charge in [0.15, 0.2) is 5.78 Å². The van der Waals surface area contributed by atoms with E-state index in [1.54, 1.807) is 38.1 Å². The van der Waals surface area contributed by atoms with Crippen molar-refractivity contribution < 1.29 is 19.1 Å². The highest BCUT2D eigenvalue weighted by Gasteiger charge is 2.39. The van der Waals surface area contributed by atoms with Gasteiger partial charge in [0.2, 0.25) is 0 Å². The van der Waals surface area contributed by atoms with E-state index in [1.165, 1.54) is 0 Å². The fourth-order valence-electron chi connectivity index (χ4n) is 3.84. The van der Waals surface area contributed by atoms with Crippen LogP contribution in [0, 0.1) is 23.2 Å². The third-order valence-corrected chi connectivity index (χ3v) is 5.49. The minimum Gasteiger partial charge on any atom is -0.465 e. The van der Waals surface area contributed by atoms with Crippen LogP contribution >= 0.6 is 0 Å². The molecular weight excluding hydrogens is 340 g/mol. The van der Waals surface area contributed by atoms with Crippen LogP contribution in [0.15, 0.2) is 42.5 Å². The number of carbonyl (C=O) groups is 3. The number of rotatable bonds is 8. The van der Waals surface area contributed by atoms with Gasteiger partial charge in [0.25, 0.3) is 0 Å². The van der Waals surface area contributed by atoms with Crippen molar-refractivity contribution in [1.82, 2.24) is 0 Å². The first-order valence-electron chi connectivity index (χ1n) is 9.71. The van der Waals surface area contributed by atoms with E-state index in [-0.39, 0.29) is 35.9 Å². The van der Waals surface area contributed by atoms with Gasteiger partial charge in [-0.15, -0.1) is 0 Å². The van der Waals surface area contributed by atoms with Crippen LogP contribution in [0.5, 0.6) is 0 Å². The molecule has 2 rings (SSSR count). The summed E-state index contributed by atoms with van der Waals surface area (Å²) in [5, 5.41) is 0. The number of ether oxygens (including phenoxy) is 1. The van der Waals surface area contributed by atoms with Crippen LogP contribution in [-0.4, -0.2) is 24.1 Å². The number of Topliss-reactive ketones (excluding diaryl/α,β-unsaturated/α-hetero) is 2. The normalized spacial score (nSPS) is 20.5. The molecule has 0 N–H and O–H groups in total. The summed E-state index contributed by atoms with van der Waals surface area (Å²) in [6.07, 6.45) is 5.95. The summed E-state index contributed by atoms with van der Waals surface area (Å²) in [6.45, 7) is 7.92. The molecule has 1 aliphatic carbocycles. The molecule has 0 heterocycles. The third-order valence-electron chi connectivity index (χ3n) is 5.49. The Kier molecular flexibility index (Phi) is 7.11. The highest BCUT2D eigenvalue weighted by molar-refractivity contribution is 6.09. The Bertz CT molecular complexity index is 702. The first-order chi connectivity index (χ1) is 12.8. The molecule has 0 saturated heterocycles. The van der Waals surface area contributed by atoms with Crippen molar-refractivity contribution in [3.63, 3.8) is 0 Å². The van der Waals surface area contributed by atoms with Gasteiger partial charge in [-0.3, -0.25) is 14.4 Å². The Balaban J connectivity index is 2.19. The lowest BCUT2D eigenvalue weighted by Crippen LogP contribution is -2.37. The highest BCUT2D eigenvalue weighted by atomic mass is 16.5. The predicted molar refractivity (Wildman–Crippen MR) is 105 cm³/mol. The van der Waals surface area contributed by atoms with Crippen LogP contribution in [-0.2, 0) is 14.3 Å². The van der Waals surface area contributed by atoms with E-state index in [9.17, 15) is 14.4 Å². The van der Waals surface area contributed by atoms with Crippen molar-refractivity contribution in [1.29, 1.82) is 0 Å². The molecule has 1 aliphatic rings. The lowest BCUT2D eigenvalue weighted by Gasteiger charge is -2.35. The largest absolute Gasteiger partial charge is 0.465 e. The number of esters is 1. The van der Waals surface area contributed by atoms with Gasteiger partial charge in [0, 0.05) is 17.9 Å². The second kappa shape index (κ2) is 9.12. The number of hydrogen-bond donors (Lipinski definition) is 0. The van der Waals surface area contributed by atoms with E-state index in [1.807, 2.05) is 6.07 Å². The molecule has 0 fully saturated rings. The van der Waals surface area contributed by atoms with E-state index in [0.29, 0.717) is 5.56 Å². The molecule has 0 radical (unpaired) electrons. The molecule has 146 valence electrons. The molecule has 3 unspecified atom stereocenters. The molecule has 0 spiro atoms. The number of carbonyl (C=O) groups excluding carboxylic acids is 3. The number of benzene rings is 1. The van der Waals surface area contributed by atoms with E-state index in [4.69, 9.17) is 4.74 Å². The van der Waals surface area contributed by atoms with Crippen LogP contribution in [0.4, 0.5) is 0 Å². The lowest BCUT2D eigenvalue weighted by atomic mass is 9.68. The Labute approximate surface area is 162 Å². The van der Waals surface area contributed by atoms with Crippen molar-refractivity contribution in [3.8, 4) is 0 Å². The SMILES string of the molecule is CCOC(=O)C(C(=O)c1ccccc1)C(C)CC(=O)C1CC=CCC1(C)C. The zero-order valence-electron chi connectivity index (χ0n) is 16.7. The van der Waals surface area contributed by atoms with Crippen molar-refractivity contribution in [2.45, 2.75) is 47.0 Å². The third kappa shape index (κ3) is 5.15. The van der Waals surface area contributed by atoms with Crippen LogP contribution in [0.2, 0.25) is 0 Å². The van der Waals surface area contributed by atoms with Gasteiger partial charge >= 0.3 is 5.97 Å². The maximum atomic E-state index is 13.0. The van der Waals surface area contributed by atoms with Gasteiger partial charge in [-0.1, -0.05) is 63.3 Å². The summed E-state index contributed by atoms with van der Waals surface area (Å²) in [4.78, 5) is 38.5. The molecule has 3 atom stereocenters. The minimum absolute atomic E-state index is 0.0837. The minimum atomic E-state index is -0.960. The maximum absolute atomic E-state index is 13.0. The van der Waals surface area contributed by atoms with Gasteiger partial charge in [-0.05, 0) is 31.1 Å². The lowest BCUT2D eigenvalue weighted by molar-refractivity contribution is -0.148. The van der Waals surface area contributed by atoms with Crippen LogP contribution in [0.3, 0.4) is 0 Å². The van der Waals surface area contributed by atoms with E-state index in [2.05, 4.69) is 26.0 Å². The van der Waals surface area contributed by atoms with Gasteiger partial charge in [0.05, 0.1) is 6.61 Å². The summed E-state index contributed by atoms with van der Waals surface area (Å²) in [5.41, 5.74) is 0.366. The molecule has 0 aromatic heterocycles. The Morgan fingerprint density at radius 3 is 2.41 bits per heavy atom. The summed E-state index contributed by atoms with van der Waals surface area (Å²) in [5.74, 6) is -2.16.